The molecule has 5 heteroatoms. The Balaban J connectivity index is 1.71. The molecule has 21 heavy (non-hydrogen) atoms. The molecular formula is C16H14N4O. The predicted molar refractivity (Wildman–Crippen MR) is 82.2 cm³/mol. The third kappa shape index (κ3) is 2.62. The molecular weight excluding hydrogens is 264 g/mol. The number of H-pyrrole nitrogens is 1. The summed E-state index contributed by atoms with van der Waals surface area (Å²) < 4.78 is 0. The number of hydrogen-bond donors (Lipinski definition) is 3. The summed E-state index contributed by atoms with van der Waals surface area (Å²) in [5.74, 6) is -0.260. The summed E-state index contributed by atoms with van der Waals surface area (Å²) in [6.45, 7) is 3.95. The zero-order valence-electron chi connectivity index (χ0n) is 11.3. The predicted octanol–water partition coefficient (Wildman–Crippen LogP) is 2.47. The van der Waals surface area contributed by atoms with Gasteiger partial charge in [-0.1, -0.05) is 24.8 Å². The van der Waals surface area contributed by atoms with Gasteiger partial charge in [-0.15, -0.1) is 0 Å². The monoisotopic (exact) mass is 278 g/mol. The van der Waals surface area contributed by atoms with Gasteiger partial charge in [0.05, 0.1) is 11.3 Å². The average molecular weight is 278 g/mol. The van der Waals surface area contributed by atoms with Crippen LogP contribution in [0.25, 0.3) is 16.6 Å². The number of hydrazine groups is 1. The van der Waals surface area contributed by atoms with Gasteiger partial charge in [0.15, 0.2) is 0 Å². The SMILES string of the molecule is C=C(NNC(=O)c1cccnc1)c1c[nH]c2ccccc12. The Labute approximate surface area is 121 Å². The third-order valence-corrected chi connectivity index (χ3v) is 3.17. The van der Waals surface area contributed by atoms with E-state index < -0.39 is 0 Å². The standard InChI is InChI=1S/C16H14N4O/c1-11(14-10-18-15-7-3-2-6-13(14)15)19-20-16(21)12-5-4-8-17-9-12/h2-10,18-19H,1H2,(H,20,21). The van der Waals surface area contributed by atoms with Crippen LogP contribution in [0.2, 0.25) is 0 Å². The molecule has 3 aromatic rings. The molecule has 0 fully saturated rings. The van der Waals surface area contributed by atoms with Gasteiger partial charge in [0, 0.05) is 35.1 Å². The Hall–Kier alpha value is -3.08. The van der Waals surface area contributed by atoms with Crippen molar-refractivity contribution >= 4 is 22.5 Å². The minimum absolute atomic E-state index is 0.260. The molecule has 104 valence electrons. The lowest BCUT2D eigenvalue weighted by Crippen LogP contribution is -2.35. The maximum Gasteiger partial charge on any atom is 0.271 e. The number of nitrogens with one attached hydrogen (secondary N) is 3. The summed E-state index contributed by atoms with van der Waals surface area (Å²) in [6, 6.07) is 11.3. The van der Waals surface area contributed by atoms with Gasteiger partial charge in [-0.05, 0) is 18.2 Å². The van der Waals surface area contributed by atoms with Gasteiger partial charge in [0.2, 0.25) is 0 Å². The molecule has 0 saturated carbocycles. The molecule has 5 nitrogen and oxygen atoms in total. The van der Waals surface area contributed by atoms with E-state index in [0.29, 0.717) is 11.3 Å². The van der Waals surface area contributed by atoms with Gasteiger partial charge < -0.3 is 4.98 Å². The zero-order chi connectivity index (χ0) is 14.7. The van der Waals surface area contributed by atoms with E-state index in [2.05, 4.69) is 27.4 Å². The lowest BCUT2D eigenvalue weighted by molar-refractivity contribution is 0.0942. The number of rotatable bonds is 4. The number of pyridine rings is 1. The minimum atomic E-state index is -0.260. The number of para-hydroxylation sites is 1. The normalized spacial score (nSPS) is 10.3. The maximum atomic E-state index is 11.9. The van der Waals surface area contributed by atoms with E-state index in [-0.39, 0.29) is 5.91 Å². The highest BCUT2D eigenvalue weighted by atomic mass is 16.2. The molecule has 0 aliphatic heterocycles. The molecule has 0 atom stereocenters. The van der Waals surface area contributed by atoms with Crippen LogP contribution in [0, 0.1) is 0 Å². The van der Waals surface area contributed by atoms with Gasteiger partial charge in [-0.25, -0.2) is 0 Å². The lowest BCUT2D eigenvalue weighted by Gasteiger charge is -2.10. The van der Waals surface area contributed by atoms with Crippen LogP contribution in [0.1, 0.15) is 15.9 Å². The molecule has 3 N–H and O–H groups in total. The van der Waals surface area contributed by atoms with Crippen molar-refractivity contribution in [2.45, 2.75) is 0 Å². The Kier molecular flexibility index (Phi) is 3.39. The summed E-state index contributed by atoms with van der Waals surface area (Å²) in [4.78, 5) is 19.0. The number of carbonyl (C=O) groups is 1. The highest BCUT2D eigenvalue weighted by Crippen LogP contribution is 2.21. The van der Waals surface area contributed by atoms with Gasteiger partial charge in [-0.3, -0.25) is 20.6 Å². The van der Waals surface area contributed by atoms with Crippen LogP contribution < -0.4 is 10.9 Å². The van der Waals surface area contributed by atoms with Crippen molar-refractivity contribution < 1.29 is 4.79 Å². The molecule has 1 aromatic carbocycles. The number of aromatic nitrogens is 2. The van der Waals surface area contributed by atoms with Crippen molar-refractivity contribution in [3.05, 3.63) is 72.7 Å². The van der Waals surface area contributed by atoms with Crippen LogP contribution in [0.4, 0.5) is 0 Å². The first kappa shape index (κ1) is 12.9. The summed E-state index contributed by atoms with van der Waals surface area (Å²) in [7, 11) is 0. The molecule has 2 aromatic heterocycles. The molecule has 1 amide bonds. The second kappa shape index (κ2) is 5.50. The van der Waals surface area contributed by atoms with Crippen molar-refractivity contribution in [3.63, 3.8) is 0 Å². The summed E-state index contributed by atoms with van der Waals surface area (Å²) in [5, 5.41) is 1.05. The lowest BCUT2D eigenvalue weighted by atomic mass is 10.1. The summed E-state index contributed by atoms with van der Waals surface area (Å²) >= 11 is 0. The minimum Gasteiger partial charge on any atom is -0.360 e. The first-order valence-electron chi connectivity index (χ1n) is 6.47. The van der Waals surface area contributed by atoms with Crippen molar-refractivity contribution in [1.82, 2.24) is 20.8 Å². The second-order valence-electron chi connectivity index (χ2n) is 4.55. The van der Waals surface area contributed by atoms with E-state index in [1.54, 1.807) is 18.3 Å². The number of nitrogens with zero attached hydrogens (tertiary/aromatic N) is 1. The van der Waals surface area contributed by atoms with Crippen molar-refractivity contribution in [1.29, 1.82) is 0 Å². The topological polar surface area (TPSA) is 69.8 Å². The van der Waals surface area contributed by atoms with E-state index in [9.17, 15) is 4.79 Å². The molecule has 0 unspecified atom stereocenters. The van der Waals surface area contributed by atoms with E-state index in [4.69, 9.17) is 0 Å². The molecule has 0 saturated heterocycles. The zero-order valence-corrected chi connectivity index (χ0v) is 11.3. The van der Waals surface area contributed by atoms with Crippen LogP contribution in [0.15, 0.2) is 61.6 Å². The average Bonchev–Trinajstić information content (AvgIpc) is 2.97. The molecule has 3 rings (SSSR count). The number of benzene rings is 1. The van der Waals surface area contributed by atoms with Crippen molar-refractivity contribution in [3.8, 4) is 0 Å². The first-order valence-corrected chi connectivity index (χ1v) is 6.47. The number of amides is 1. The number of fused-ring (bicyclic) bond motifs is 1. The fraction of sp³-hybridized carbons (Fsp3) is 0. The van der Waals surface area contributed by atoms with E-state index in [0.717, 1.165) is 16.5 Å². The highest BCUT2D eigenvalue weighted by Gasteiger charge is 2.08. The van der Waals surface area contributed by atoms with E-state index >= 15 is 0 Å². The smallest absolute Gasteiger partial charge is 0.271 e. The molecule has 0 aliphatic carbocycles. The third-order valence-electron chi connectivity index (χ3n) is 3.17. The maximum absolute atomic E-state index is 11.9. The molecule has 0 aliphatic rings. The fourth-order valence-electron chi connectivity index (χ4n) is 2.09. The van der Waals surface area contributed by atoms with Crippen molar-refractivity contribution in [2.75, 3.05) is 0 Å². The van der Waals surface area contributed by atoms with E-state index in [1.165, 1.54) is 6.20 Å². The largest absolute Gasteiger partial charge is 0.360 e. The van der Waals surface area contributed by atoms with Gasteiger partial charge in [-0.2, -0.15) is 0 Å². The van der Waals surface area contributed by atoms with E-state index in [1.807, 2.05) is 30.5 Å². The first-order chi connectivity index (χ1) is 10.3. The quantitative estimate of drug-likeness (QED) is 0.642. The molecule has 0 radical (unpaired) electrons. The molecule has 0 bridgehead atoms. The highest BCUT2D eigenvalue weighted by molar-refractivity contribution is 5.95. The Bertz CT molecular complexity index is 792. The number of carbonyl (C=O) groups excluding carboxylic acids is 1. The fourth-order valence-corrected chi connectivity index (χ4v) is 2.09. The Morgan fingerprint density at radius 3 is 2.81 bits per heavy atom. The second-order valence-corrected chi connectivity index (χ2v) is 4.55. The van der Waals surface area contributed by atoms with Gasteiger partial charge in [0.1, 0.15) is 0 Å². The Morgan fingerprint density at radius 1 is 1.14 bits per heavy atom. The van der Waals surface area contributed by atoms with Crippen molar-refractivity contribution in [2.24, 2.45) is 0 Å². The van der Waals surface area contributed by atoms with Crippen LogP contribution in [0.3, 0.4) is 0 Å². The van der Waals surface area contributed by atoms with Crippen LogP contribution in [-0.2, 0) is 0 Å². The molecule has 2 heterocycles. The van der Waals surface area contributed by atoms with Crippen LogP contribution in [-0.4, -0.2) is 15.9 Å². The Morgan fingerprint density at radius 2 is 2.00 bits per heavy atom. The summed E-state index contributed by atoms with van der Waals surface area (Å²) in [6.07, 6.45) is 4.98. The van der Waals surface area contributed by atoms with Gasteiger partial charge >= 0.3 is 0 Å². The van der Waals surface area contributed by atoms with Crippen LogP contribution in [0.5, 0.6) is 0 Å². The molecule has 0 spiro atoms. The summed E-state index contributed by atoms with van der Waals surface area (Å²) in [5.41, 5.74) is 8.48. The number of hydrogen-bond acceptors (Lipinski definition) is 3. The number of aromatic amines is 1. The van der Waals surface area contributed by atoms with Gasteiger partial charge in [0.25, 0.3) is 5.91 Å². The van der Waals surface area contributed by atoms with Crippen LogP contribution >= 0.6 is 0 Å².